The number of sulfonamides is 1. The van der Waals surface area contributed by atoms with Gasteiger partial charge in [-0.3, -0.25) is 13.9 Å². The number of carbonyl (C=O) groups is 2. The molecule has 7 nitrogen and oxygen atoms in total. The summed E-state index contributed by atoms with van der Waals surface area (Å²) >= 11 is 18.9. The lowest BCUT2D eigenvalue weighted by Gasteiger charge is -2.32. The molecule has 3 rings (SSSR count). The van der Waals surface area contributed by atoms with E-state index in [9.17, 15) is 18.0 Å². The fraction of sp³-hybridized carbons (Fsp3) is 0.286. The fourth-order valence-electron chi connectivity index (χ4n) is 3.96. The first-order valence-corrected chi connectivity index (χ1v) is 14.9. The van der Waals surface area contributed by atoms with Crippen LogP contribution in [0, 0.1) is 6.92 Å². The van der Waals surface area contributed by atoms with E-state index in [1.165, 1.54) is 17.0 Å². The number of hydrogen-bond donors (Lipinski definition) is 1. The molecule has 0 fully saturated rings. The zero-order valence-corrected chi connectivity index (χ0v) is 24.9. The number of nitrogens with zero attached hydrogens (tertiary/aromatic N) is 2. The third-order valence-corrected chi connectivity index (χ3v) is 8.86. The summed E-state index contributed by atoms with van der Waals surface area (Å²) in [6.45, 7) is 4.96. The Kier molecular flexibility index (Phi) is 10.7. The normalized spacial score (nSPS) is 12.1. The molecule has 11 heteroatoms. The summed E-state index contributed by atoms with van der Waals surface area (Å²) in [7, 11) is -4.18. The molecule has 0 saturated carbocycles. The van der Waals surface area contributed by atoms with Crippen molar-refractivity contribution in [2.75, 3.05) is 17.4 Å². The van der Waals surface area contributed by atoms with E-state index in [2.05, 4.69) is 5.32 Å². The van der Waals surface area contributed by atoms with Gasteiger partial charge in [-0.2, -0.15) is 0 Å². The minimum atomic E-state index is -4.18. The molecule has 1 N–H and O–H groups in total. The Labute approximate surface area is 244 Å². The largest absolute Gasteiger partial charge is 0.354 e. The molecule has 0 radical (unpaired) electrons. The summed E-state index contributed by atoms with van der Waals surface area (Å²) in [6.07, 6.45) is 0.710. The van der Waals surface area contributed by atoms with Crippen molar-refractivity contribution in [3.05, 3.63) is 92.9 Å². The molecule has 0 spiro atoms. The molecule has 0 aliphatic heterocycles. The Morgan fingerprint density at radius 2 is 1.59 bits per heavy atom. The van der Waals surface area contributed by atoms with Gasteiger partial charge in [-0.25, -0.2) is 8.42 Å². The van der Waals surface area contributed by atoms with Crippen molar-refractivity contribution >= 4 is 62.3 Å². The van der Waals surface area contributed by atoms with Crippen LogP contribution in [-0.4, -0.2) is 44.3 Å². The third kappa shape index (κ3) is 7.45. The van der Waals surface area contributed by atoms with Gasteiger partial charge in [-0.1, -0.05) is 66.0 Å². The van der Waals surface area contributed by atoms with Crippen LogP contribution < -0.4 is 9.62 Å². The first-order valence-electron chi connectivity index (χ1n) is 12.3. The van der Waals surface area contributed by atoms with E-state index in [4.69, 9.17) is 34.8 Å². The maximum absolute atomic E-state index is 14.0. The van der Waals surface area contributed by atoms with E-state index in [-0.39, 0.29) is 23.0 Å². The van der Waals surface area contributed by atoms with Crippen molar-refractivity contribution in [2.24, 2.45) is 0 Å². The Bertz CT molecular complexity index is 1410. The molecule has 0 bridgehead atoms. The molecule has 39 heavy (non-hydrogen) atoms. The van der Waals surface area contributed by atoms with Crippen LogP contribution in [0.3, 0.4) is 0 Å². The summed E-state index contributed by atoms with van der Waals surface area (Å²) in [6, 6.07) is 16.6. The zero-order chi connectivity index (χ0) is 28.7. The number of halogens is 3. The van der Waals surface area contributed by atoms with Gasteiger partial charge in [0.2, 0.25) is 11.8 Å². The van der Waals surface area contributed by atoms with E-state index >= 15 is 0 Å². The number of benzene rings is 3. The molecule has 0 saturated heterocycles. The number of carbonyl (C=O) groups excluding carboxylic acids is 2. The highest BCUT2D eigenvalue weighted by atomic mass is 35.5. The van der Waals surface area contributed by atoms with Crippen LogP contribution in [-0.2, 0) is 26.2 Å². The summed E-state index contributed by atoms with van der Waals surface area (Å²) < 4.78 is 28.7. The second kappa shape index (κ2) is 13.5. The lowest BCUT2D eigenvalue weighted by atomic mass is 10.1. The van der Waals surface area contributed by atoms with Crippen molar-refractivity contribution < 1.29 is 18.0 Å². The van der Waals surface area contributed by atoms with E-state index in [1.807, 2.05) is 6.92 Å². The molecule has 0 aromatic heterocycles. The van der Waals surface area contributed by atoms with Crippen molar-refractivity contribution in [1.82, 2.24) is 10.2 Å². The van der Waals surface area contributed by atoms with Crippen molar-refractivity contribution in [1.29, 1.82) is 0 Å². The molecule has 0 aliphatic carbocycles. The number of rotatable bonds is 11. The topological polar surface area (TPSA) is 86.8 Å². The molecule has 1 atom stereocenters. The van der Waals surface area contributed by atoms with Gasteiger partial charge in [0.25, 0.3) is 10.0 Å². The van der Waals surface area contributed by atoms with Crippen LogP contribution in [0.1, 0.15) is 31.4 Å². The summed E-state index contributed by atoms with van der Waals surface area (Å²) in [5.41, 5.74) is 1.30. The average molecular weight is 611 g/mol. The van der Waals surface area contributed by atoms with E-state index in [0.29, 0.717) is 39.2 Å². The van der Waals surface area contributed by atoms with Gasteiger partial charge >= 0.3 is 0 Å². The lowest BCUT2D eigenvalue weighted by Crippen LogP contribution is -2.51. The standard InChI is InChI=1S/C28H30Cl3N3O4S/c1-4-15-32-28(36)20(3)33(17-23-24(30)11-8-12-25(23)31)27(35)18-34(26-14-13-21(29)16-19(26)2)39(37,38)22-9-6-5-7-10-22/h5-14,16,20H,4,15,17-18H2,1-3H3,(H,32,36). The maximum Gasteiger partial charge on any atom is 0.264 e. The second-order valence-electron chi connectivity index (χ2n) is 8.94. The van der Waals surface area contributed by atoms with Gasteiger partial charge in [0, 0.05) is 33.7 Å². The van der Waals surface area contributed by atoms with E-state index in [0.717, 1.165) is 4.31 Å². The summed E-state index contributed by atoms with van der Waals surface area (Å²) in [5.74, 6) is -0.993. The molecule has 3 aromatic rings. The zero-order valence-electron chi connectivity index (χ0n) is 21.8. The van der Waals surface area contributed by atoms with Gasteiger partial charge in [0.15, 0.2) is 0 Å². The lowest BCUT2D eigenvalue weighted by molar-refractivity contribution is -0.139. The highest BCUT2D eigenvalue weighted by molar-refractivity contribution is 7.92. The maximum atomic E-state index is 14.0. The van der Waals surface area contributed by atoms with Gasteiger partial charge in [-0.15, -0.1) is 0 Å². The Morgan fingerprint density at radius 1 is 0.949 bits per heavy atom. The minimum absolute atomic E-state index is 0.0154. The number of hydrogen-bond acceptors (Lipinski definition) is 4. The molecular weight excluding hydrogens is 581 g/mol. The highest BCUT2D eigenvalue weighted by Gasteiger charge is 2.33. The fourth-order valence-corrected chi connectivity index (χ4v) is 6.21. The van der Waals surface area contributed by atoms with Crippen molar-refractivity contribution in [3.8, 4) is 0 Å². The molecule has 0 aliphatic rings. The molecule has 208 valence electrons. The van der Waals surface area contributed by atoms with Crippen LogP contribution in [0.5, 0.6) is 0 Å². The highest BCUT2D eigenvalue weighted by Crippen LogP contribution is 2.30. The Balaban J connectivity index is 2.08. The molecule has 2 amide bonds. The van der Waals surface area contributed by atoms with Gasteiger partial charge in [0.05, 0.1) is 10.6 Å². The molecule has 3 aromatic carbocycles. The van der Waals surface area contributed by atoms with Crippen LogP contribution in [0.2, 0.25) is 15.1 Å². The quantitative estimate of drug-likeness (QED) is 0.285. The first-order chi connectivity index (χ1) is 18.5. The molecular formula is C28H30Cl3N3O4S. The molecule has 0 heterocycles. The van der Waals surface area contributed by atoms with Gasteiger partial charge < -0.3 is 10.2 Å². The summed E-state index contributed by atoms with van der Waals surface area (Å²) in [4.78, 5) is 28.2. The SMILES string of the molecule is CCCNC(=O)C(C)N(Cc1c(Cl)cccc1Cl)C(=O)CN(c1ccc(Cl)cc1C)S(=O)(=O)c1ccccc1. The van der Waals surface area contributed by atoms with E-state index < -0.39 is 28.5 Å². The monoisotopic (exact) mass is 609 g/mol. The van der Waals surface area contributed by atoms with Crippen LogP contribution >= 0.6 is 34.8 Å². The number of amides is 2. The average Bonchev–Trinajstić information content (AvgIpc) is 2.90. The van der Waals surface area contributed by atoms with Crippen molar-refractivity contribution in [2.45, 2.75) is 44.7 Å². The van der Waals surface area contributed by atoms with E-state index in [1.54, 1.807) is 68.4 Å². The smallest absolute Gasteiger partial charge is 0.264 e. The Morgan fingerprint density at radius 3 is 2.18 bits per heavy atom. The van der Waals surface area contributed by atoms with Crippen LogP contribution in [0.4, 0.5) is 5.69 Å². The minimum Gasteiger partial charge on any atom is -0.354 e. The molecule has 1 unspecified atom stereocenters. The predicted octanol–water partition coefficient (Wildman–Crippen LogP) is 6.09. The first kappa shape index (κ1) is 30.8. The predicted molar refractivity (Wildman–Crippen MR) is 157 cm³/mol. The second-order valence-corrected chi connectivity index (χ2v) is 12.1. The summed E-state index contributed by atoms with van der Waals surface area (Å²) in [5, 5.41) is 3.87. The van der Waals surface area contributed by atoms with Crippen LogP contribution in [0.15, 0.2) is 71.6 Å². The number of anilines is 1. The van der Waals surface area contributed by atoms with Crippen LogP contribution in [0.25, 0.3) is 0 Å². The van der Waals surface area contributed by atoms with Crippen molar-refractivity contribution in [3.63, 3.8) is 0 Å². The van der Waals surface area contributed by atoms with Gasteiger partial charge in [0.1, 0.15) is 12.6 Å². The third-order valence-electron chi connectivity index (χ3n) is 6.14. The number of nitrogens with one attached hydrogen (secondary N) is 1. The Hall–Kier alpha value is -2.78. The van der Waals surface area contributed by atoms with Gasteiger partial charge in [-0.05, 0) is 68.3 Å². The number of aryl methyl sites for hydroxylation is 1.